The van der Waals surface area contributed by atoms with Gasteiger partial charge in [-0.2, -0.15) is 0 Å². The molecule has 1 aromatic heterocycles. The van der Waals surface area contributed by atoms with Crippen LogP contribution in [0.5, 0.6) is 0 Å². The minimum atomic E-state index is 0.165. The number of pyridine rings is 1. The first-order chi connectivity index (χ1) is 8.16. The van der Waals surface area contributed by atoms with Crippen LogP contribution in [0.3, 0.4) is 0 Å². The molecule has 0 amide bonds. The Labute approximate surface area is 102 Å². The maximum absolute atomic E-state index is 5.88. The highest BCUT2D eigenvalue weighted by molar-refractivity contribution is 5.58. The van der Waals surface area contributed by atoms with E-state index < -0.39 is 0 Å². The van der Waals surface area contributed by atoms with Gasteiger partial charge in [-0.25, -0.2) is 0 Å². The summed E-state index contributed by atoms with van der Waals surface area (Å²) in [6.45, 7) is 4.08. The first kappa shape index (κ1) is 11.5. The second kappa shape index (κ2) is 4.87. The van der Waals surface area contributed by atoms with E-state index in [1.807, 2.05) is 43.3 Å². The molecule has 0 fully saturated rings. The summed E-state index contributed by atoms with van der Waals surface area (Å²) in [4.78, 5) is 4.32. The van der Waals surface area contributed by atoms with Crippen LogP contribution < -0.4 is 11.1 Å². The molecule has 3 nitrogen and oxygen atoms in total. The average Bonchev–Trinajstić information content (AvgIpc) is 2.35. The maximum Gasteiger partial charge on any atom is 0.0657 e. The van der Waals surface area contributed by atoms with Crippen LogP contribution in [0, 0.1) is 6.92 Å². The maximum atomic E-state index is 5.88. The summed E-state index contributed by atoms with van der Waals surface area (Å²) in [7, 11) is 0. The van der Waals surface area contributed by atoms with Crippen molar-refractivity contribution in [1.82, 2.24) is 4.98 Å². The van der Waals surface area contributed by atoms with Gasteiger partial charge >= 0.3 is 0 Å². The standard InChI is InChI=1S/C14H17N3/c1-10-6-7-12(9-13(10)15)17-11(2)14-5-3-4-8-16-14/h3-9,11,17H,15H2,1-2H3. The van der Waals surface area contributed by atoms with Crippen LogP contribution >= 0.6 is 0 Å². The monoisotopic (exact) mass is 227 g/mol. The van der Waals surface area contributed by atoms with Crippen LogP contribution in [-0.4, -0.2) is 4.98 Å². The topological polar surface area (TPSA) is 50.9 Å². The van der Waals surface area contributed by atoms with Gasteiger partial charge in [0.05, 0.1) is 11.7 Å². The number of nitrogen functional groups attached to an aromatic ring is 1. The van der Waals surface area contributed by atoms with Crippen molar-refractivity contribution in [3.63, 3.8) is 0 Å². The lowest BCUT2D eigenvalue weighted by Gasteiger charge is -2.15. The molecule has 1 atom stereocenters. The summed E-state index contributed by atoms with van der Waals surface area (Å²) in [5.41, 5.74) is 9.83. The Bertz CT molecular complexity index is 494. The molecular formula is C14H17N3. The first-order valence-corrected chi connectivity index (χ1v) is 5.70. The third kappa shape index (κ3) is 2.75. The van der Waals surface area contributed by atoms with E-state index in [2.05, 4.69) is 17.2 Å². The number of benzene rings is 1. The van der Waals surface area contributed by atoms with Gasteiger partial charge in [0, 0.05) is 17.6 Å². The molecule has 3 heteroatoms. The number of aromatic nitrogens is 1. The molecule has 0 aliphatic carbocycles. The molecular weight excluding hydrogens is 210 g/mol. The fraction of sp³-hybridized carbons (Fsp3) is 0.214. The van der Waals surface area contributed by atoms with E-state index in [0.29, 0.717) is 0 Å². The van der Waals surface area contributed by atoms with Gasteiger partial charge in [0.2, 0.25) is 0 Å². The lowest BCUT2D eigenvalue weighted by molar-refractivity contribution is 0.839. The Morgan fingerprint density at radius 3 is 2.71 bits per heavy atom. The molecule has 2 aromatic rings. The molecule has 3 N–H and O–H groups in total. The predicted molar refractivity (Wildman–Crippen MR) is 71.9 cm³/mol. The molecule has 0 saturated heterocycles. The zero-order valence-electron chi connectivity index (χ0n) is 10.1. The fourth-order valence-electron chi connectivity index (χ4n) is 1.69. The van der Waals surface area contributed by atoms with Crippen molar-refractivity contribution in [3.05, 3.63) is 53.9 Å². The second-order valence-corrected chi connectivity index (χ2v) is 4.19. The van der Waals surface area contributed by atoms with Crippen molar-refractivity contribution in [3.8, 4) is 0 Å². The highest BCUT2D eigenvalue weighted by atomic mass is 14.9. The van der Waals surface area contributed by atoms with Gasteiger partial charge in [-0.15, -0.1) is 0 Å². The van der Waals surface area contributed by atoms with Crippen molar-refractivity contribution < 1.29 is 0 Å². The van der Waals surface area contributed by atoms with Crippen LogP contribution in [-0.2, 0) is 0 Å². The van der Waals surface area contributed by atoms with E-state index in [-0.39, 0.29) is 6.04 Å². The summed E-state index contributed by atoms with van der Waals surface area (Å²) < 4.78 is 0. The first-order valence-electron chi connectivity index (χ1n) is 5.70. The fourth-order valence-corrected chi connectivity index (χ4v) is 1.69. The zero-order valence-corrected chi connectivity index (χ0v) is 10.1. The lowest BCUT2D eigenvalue weighted by Crippen LogP contribution is -2.08. The zero-order chi connectivity index (χ0) is 12.3. The van der Waals surface area contributed by atoms with Gasteiger partial charge in [0.25, 0.3) is 0 Å². The van der Waals surface area contributed by atoms with Gasteiger partial charge in [-0.05, 0) is 43.7 Å². The number of aryl methyl sites for hydroxylation is 1. The van der Waals surface area contributed by atoms with E-state index in [9.17, 15) is 0 Å². The summed E-state index contributed by atoms with van der Waals surface area (Å²) in [6, 6.07) is 12.1. The number of rotatable bonds is 3. The van der Waals surface area contributed by atoms with Crippen molar-refractivity contribution in [2.45, 2.75) is 19.9 Å². The summed E-state index contributed by atoms with van der Waals surface area (Å²) in [5.74, 6) is 0. The third-order valence-corrected chi connectivity index (χ3v) is 2.79. The third-order valence-electron chi connectivity index (χ3n) is 2.79. The van der Waals surface area contributed by atoms with Crippen molar-refractivity contribution >= 4 is 11.4 Å². The van der Waals surface area contributed by atoms with E-state index in [1.54, 1.807) is 6.20 Å². The SMILES string of the molecule is Cc1ccc(NC(C)c2ccccn2)cc1N. The molecule has 0 radical (unpaired) electrons. The Morgan fingerprint density at radius 2 is 2.06 bits per heavy atom. The molecule has 0 aliphatic rings. The number of anilines is 2. The minimum Gasteiger partial charge on any atom is -0.398 e. The van der Waals surface area contributed by atoms with Crippen LogP contribution in [0.25, 0.3) is 0 Å². The van der Waals surface area contributed by atoms with E-state index in [1.165, 1.54) is 0 Å². The Kier molecular flexibility index (Phi) is 3.28. The molecule has 0 aliphatic heterocycles. The highest BCUT2D eigenvalue weighted by Gasteiger charge is 2.06. The molecule has 1 heterocycles. The number of hydrogen-bond acceptors (Lipinski definition) is 3. The minimum absolute atomic E-state index is 0.165. The van der Waals surface area contributed by atoms with E-state index in [0.717, 1.165) is 22.6 Å². The van der Waals surface area contributed by atoms with Gasteiger partial charge in [-0.3, -0.25) is 4.98 Å². The largest absolute Gasteiger partial charge is 0.398 e. The van der Waals surface area contributed by atoms with Crippen LogP contribution in [0.15, 0.2) is 42.6 Å². The summed E-state index contributed by atoms with van der Waals surface area (Å²) >= 11 is 0. The smallest absolute Gasteiger partial charge is 0.0657 e. The molecule has 0 bridgehead atoms. The normalized spacial score (nSPS) is 12.1. The molecule has 1 unspecified atom stereocenters. The average molecular weight is 227 g/mol. The van der Waals surface area contributed by atoms with Gasteiger partial charge in [0.1, 0.15) is 0 Å². The molecule has 88 valence electrons. The Morgan fingerprint density at radius 1 is 1.24 bits per heavy atom. The van der Waals surface area contributed by atoms with Crippen molar-refractivity contribution in [2.75, 3.05) is 11.1 Å². The Hall–Kier alpha value is -2.03. The van der Waals surface area contributed by atoms with Gasteiger partial charge < -0.3 is 11.1 Å². The van der Waals surface area contributed by atoms with E-state index in [4.69, 9.17) is 5.73 Å². The molecule has 0 saturated carbocycles. The van der Waals surface area contributed by atoms with Crippen LogP contribution in [0.1, 0.15) is 24.2 Å². The van der Waals surface area contributed by atoms with Crippen molar-refractivity contribution in [2.24, 2.45) is 0 Å². The number of nitrogens with zero attached hydrogens (tertiary/aromatic N) is 1. The van der Waals surface area contributed by atoms with Gasteiger partial charge in [-0.1, -0.05) is 12.1 Å². The molecule has 0 spiro atoms. The van der Waals surface area contributed by atoms with Gasteiger partial charge in [0.15, 0.2) is 0 Å². The van der Waals surface area contributed by atoms with Crippen LogP contribution in [0.4, 0.5) is 11.4 Å². The van der Waals surface area contributed by atoms with Crippen molar-refractivity contribution in [1.29, 1.82) is 0 Å². The molecule has 2 rings (SSSR count). The van der Waals surface area contributed by atoms with E-state index >= 15 is 0 Å². The second-order valence-electron chi connectivity index (χ2n) is 4.19. The Balaban J connectivity index is 2.13. The molecule has 17 heavy (non-hydrogen) atoms. The number of nitrogens with two attached hydrogens (primary N) is 1. The molecule has 1 aromatic carbocycles. The number of hydrogen-bond donors (Lipinski definition) is 2. The summed E-state index contributed by atoms with van der Waals surface area (Å²) in [6.07, 6.45) is 1.80. The predicted octanol–water partition coefficient (Wildman–Crippen LogP) is 3.15. The highest BCUT2D eigenvalue weighted by Crippen LogP contribution is 2.21. The lowest BCUT2D eigenvalue weighted by atomic mass is 10.1. The quantitative estimate of drug-likeness (QED) is 0.792. The number of nitrogens with one attached hydrogen (secondary N) is 1. The van der Waals surface area contributed by atoms with Crippen LogP contribution in [0.2, 0.25) is 0 Å². The summed E-state index contributed by atoms with van der Waals surface area (Å²) in [5, 5.41) is 3.38.